The molecule has 1 aromatic heterocycles. The van der Waals surface area contributed by atoms with Gasteiger partial charge in [0.1, 0.15) is 0 Å². The van der Waals surface area contributed by atoms with E-state index in [1.165, 1.54) is 5.56 Å². The Kier molecular flexibility index (Phi) is 6.66. The van der Waals surface area contributed by atoms with Crippen molar-refractivity contribution < 1.29 is 14.1 Å². The van der Waals surface area contributed by atoms with E-state index in [2.05, 4.69) is 27.5 Å². The second-order valence-electron chi connectivity index (χ2n) is 6.51. The highest BCUT2D eigenvalue weighted by atomic mass is 35.5. The summed E-state index contributed by atoms with van der Waals surface area (Å²) in [6.45, 7) is 6.78. The molecular formula is C19H24ClN3O3. The fraction of sp³-hybridized carbons (Fsp3) is 0.474. The largest absolute Gasteiger partial charge is 0.379 e. The van der Waals surface area contributed by atoms with E-state index in [9.17, 15) is 4.79 Å². The van der Waals surface area contributed by atoms with Crippen LogP contribution in [0.4, 0.5) is 0 Å². The van der Waals surface area contributed by atoms with Crippen LogP contribution < -0.4 is 5.32 Å². The number of benzene rings is 1. The number of ether oxygens (including phenoxy) is 1. The molecule has 1 fully saturated rings. The highest BCUT2D eigenvalue weighted by Gasteiger charge is 2.13. The van der Waals surface area contributed by atoms with Crippen LogP contribution in [0, 0.1) is 6.92 Å². The molecule has 1 saturated heterocycles. The van der Waals surface area contributed by atoms with Crippen molar-refractivity contribution in [3.05, 3.63) is 51.9 Å². The van der Waals surface area contributed by atoms with E-state index in [0.29, 0.717) is 19.4 Å². The van der Waals surface area contributed by atoms with E-state index < -0.39 is 0 Å². The molecule has 140 valence electrons. The summed E-state index contributed by atoms with van der Waals surface area (Å²) in [6.07, 6.45) is 0.881. The molecule has 1 aromatic carbocycles. The van der Waals surface area contributed by atoms with Gasteiger partial charge in [-0.05, 0) is 36.1 Å². The molecule has 2 aromatic rings. The summed E-state index contributed by atoms with van der Waals surface area (Å²) in [4.78, 5) is 14.5. The minimum atomic E-state index is -0.0137. The van der Waals surface area contributed by atoms with Crippen molar-refractivity contribution in [1.82, 2.24) is 15.4 Å². The lowest BCUT2D eigenvalue weighted by molar-refractivity contribution is -0.121. The van der Waals surface area contributed by atoms with Crippen LogP contribution in [0.25, 0.3) is 0 Å². The van der Waals surface area contributed by atoms with Crippen LogP contribution >= 0.6 is 11.6 Å². The maximum absolute atomic E-state index is 12.1. The predicted octanol–water partition coefficient (Wildman–Crippen LogP) is 2.72. The van der Waals surface area contributed by atoms with Gasteiger partial charge < -0.3 is 14.6 Å². The Morgan fingerprint density at radius 2 is 2.08 bits per heavy atom. The lowest BCUT2D eigenvalue weighted by Gasteiger charge is -2.26. The van der Waals surface area contributed by atoms with E-state index in [0.717, 1.165) is 49.7 Å². The lowest BCUT2D eigenvalue weighted by atomic mass is 10.1. The fourth-order valence-corrected chi connectivity index (χ4v) is 3.29. The number of carbonyl (C=O) groups excluding carboxylic acids is 1. The molecule has 0 saturated carbocycles. The number of nitrogens with one attached hydrogen (secondary N) is 1. The average molecular weight is 378 g/mol. The van der Waals surface area contributed by atoms with Gasteiger partial charge in [-0.2, -0.15) is 0 Å². The molecule has 7 heteroatoms. The molecule has 0 radical (unpaired) electrons. The van der Waals surface area contributed by atoms with Gasteiger partial charge in [-0.3, -0.25) is 9.69 Å². The van der Waals surface area contributed by atoms with Crippen molar-refractivity contribution in [2.75, 3.05) is 26.3 Å². The van der Waals surface area contributed by atoms with Crippen LogP contribution in [-0.2, 0) is 29.0 Å². The number of carbonyl (C=O) groups is 1. The van der Waals surface area contributed by atoms with Gasteiger partial charge >= 0.3 is 0 Å². The van der Waals surface area contributed by atoms with Gasteiger partial charge in [0.2, 0.25) is 11.1 Å². The standard InChI is InChI=1S/C19H24ClN3O3/c1-14-17(19(20)26-22-14)5-6-18(24)21-12-15-3-2-4-16(11-15)13-23-7-9-25-10-8-23/h2-4,11H,5-10,12-13H2,1H3,(H,21,24). The number of halogens is 1. The molecule has 2 heterocycles. The number of nitrogens with zero attached hydrogens (tertiary/aromatic N) is 2. The predicted molar refractivity (Wildman–Crippen MR) is 99.0 cm³/mol. The first kappa shape index (κ1) is 18.9. The SMILES string of the molecule is Cc1noc(Cl)c1CCC(=O)NCc1cccc(CN2CCOCC2)c1. The lowest BCUT2D eigenvalue weighted by Crippen LogP contribution is -2.35. The summed E-state index contributed by atoms with van der Waals surface area (Å²) >= 11 is 5.93. The maximum Gasteiger partial charge on any atom is 0.229 e. The zero-order valence-corrected chi connectivity index (χ0v) is 15.7. The third-order valence-electron chi connectivity index (χ3n) is 4.53. The normalized spacial score (nSPS) is 15.2. The first-order valence-corrected chi connectivity index (χ1v) is 9.25. The van der Waals surface area contributed by atoms with Gasteiger partial charge in [0.05, 0.1) is 18.9 Å². The number of morpholine rings is 1. The molecule has 0 atom stereocenters. The third kappa shape index (κ3) is 5.30. The molecular weight excluding hydrogens is 354 g/mol. The number of aromatic nitrogens is 1. The van der Waals surface area contributed by atoms with E-state index in [1.54, 1.807) is 0 Å². The molecule has 0 aliphatic carbocycles. The molecule has 6 nitrogen and oxygen atoms in total. The van der Waals surface area contributed by atoms with E-state index in [4.69, 9.17) is 20.9 Å². The third-order valence-corrected chi connectivity index (χ3v) is 4.83. The summed E-state index contributed by atoms with van der Waals surface area (Å²) in [6, 6.07) is 8.34. The minimum absolute atomic E-state index is 0.0137. The van der Waals surface area contributed by atoms with Crippen molar-refractivity contribution >= 4 is 17.5 Å². The van der Waals surface area contributed by atoms with Crippen LogP contribution in [0.5, 0.6) is 0 Å². The number of hydrogen-bond donors (Lipinski definition) is 1. The summed E-state index contributed by atoms with van der Waals surface area (Å²) in [5.74, 6) is -0.0137. The van der Waals surface area contributed by atoms with Crippen molar-refractivity contribution in [1.29, 1.82) is 0 Å². The van der Waals surface area contributed by atoms with Gasteiger partial charge in [-0.25, -0.2) is 0 Å². The molecule has 0 spiro atoms. The number of aryl methyl sites for hydroxylation is 1. The maximum atomic E-state index is 12.1. The van der Waals surface area contributed by atoms with Gasteiger partial charge in [0, 0.05) is 38.2 Å². The van der Waals surface area contributed by atoms with Crippen molar-refractivity contribution in [3.63, 3.8) is 0 Å². The highest BCUT2D eigenvalue weighted by Crippen LogP contribution is 2.20. The summed E-state index contributed by atoms with van der Waals surface area (Å²) in [5, 5.41) is 7.03. The Bertz CT molecular complexity index is 722. The van der Waals surface area contributed by atoms with Crippen LogP contribution in [0.1, 0.15) is 28.8 Å². The van der Waals surface area contributed by atoms with Crippen LogP contribution in [0.2, 0.25) is 5.22 Å². The zero-order chi connectivity index (χ0) is 18.4. The topological polar surface area (TPSA) is 67.6 Å². The number of rotatable bonds is 7. The smallest absolute Gasteiger partial charge is 0.229 e. The molecule has 26 heavy (non-hydrogen) atoms. The van der Waals surface area contributed by atoms with Crippen LogP contribution in [0.15, 0.2) is 28.8 Å². The summed E-state index contributed by atoms with van der Waals surface area (Å²) in [7, 11) is 0. The Morgan fingerprint density at radius 3 is 2.81 bits per heavy atom. The zero-order valence-electron chi connectivity index (χ0n) is 15.0. The molecule has 1 aliphatic rings. The Labute approximate surface area is 158 Å². The van der Waals surface area contributed by atoms with E-state index in [-0.39, 0.29) is 11.1 Å². The first-order valence-electron chi connectivity index (χ1n) is 8.87. The first-order chi connectivity index (χ1) is 12.6. The second-order valence-corrected chi connectivity index (χ2v) is 6.85. The van der Waals surface area contributed by atoms with Crippen LogP contribution in [-0.4, -0.2) is 42.3 Å². The highest BCUT2D eigenvalue weighted by molar-refractivity contribution is 6.29. The molecule has 1 aliphatic heterocycles. The molecule has 0 unspecified atom stereocenters. The summed E-state index contributed by atoms with van der Waals surface area (Å²) in [5.41, 5.74) is 3.89. The Morgan fingerprint density at radius 1 is 1.31 bits per heavy atom. The van der Waals surface area contributed by atoms with Gasteiger partial charge in [-0.15, -0.1) is 0 Å². The quantitative estimate of drug-likeness (QED) is 0.803. The fourth-order valence-electron chi connectivity index (χ4n) is 3.02. The van der Waals surface area contributed by atoms with Crippen molar-refractivity contribution in [2.24, 2.45) is 0 Å². The van der Waals surface area contributed by atoms with Crippen molar-refractivity contribution in [3.8, 4) is 0 Å². The number of amides is 1. The molecule has 3 rings (SSSR count). The monoisotopic (exact) mass is 377 g/mol. The minimum Gasteiger partial charge on any atom is -0.379 e. The molecule has 1 N–H and O–H groups in total. The van der Waals surface area contributed by atoms with E-state index in [1.807, 2.05) is 19.1 Å². The van der Waals surface area contributed by atoms with Crippen LogP contribution in [0.3, 0.4) is 0 Å². The molecule has 0 bridgehead atoms. The average Bonchev–Trinajstić information content (AvgIpc) is 2.97. The Balaban J connectivity index is 1.46. The Hall–Kier alpha value is -1.89. The number of hydrogen-bond acceptors (Lipinski definition) is 5. The van der Waals surface area contributed by atoms with Gasteiger partial charge in [0.25, 0.3) is 0 Å². The van der Waals surface area contributed by atoms with Crippen molar-refractivity contribution in [2.45, 2.75) is 32.9 Å². The van der Waals surface area contributed by atoms with Gasteiger partial charge in [0.15, 0.2) is 0 Å². The second kappa shape index (κ2) is 9.16. The van der Waals surface area contributed by atoms with Gasteiger partial charge in [-0.1, -0.05) is 29.4 Å². The summed E-state index contributed by atoms with van der Waals surface area (Å²) < 4.78 is 10.3. The molecule has 1 amide bonds. The van der Waals surface area contributed by atoms with E-state index >= 15 is 0 Å².